The molecule has 3 atom stereocenters. The van der Waals surface area contributed by atoms with Crippen molar-refractivity contribution in [2.45, 2.75) is 39.0 Å². The number of pyridine rings is 1. The van der Waals surface area contributed by atoms with Gasteiger partial charge in [0.2, 0.25) is 0 Å². The minimum atomic E-state index is 0.424. The number of rotatable bonds is 0. The second-order valence-corrected chi connectivity index (χ2v) is 6.00. The molecular weight excluding hydrogens is 206 g/mol. The first-order valence-electron chi connectivity index (χ1n) is 5.68. The Hall–Kier alpha value is -0.560. The van der Waals surface area contributed by atoms with Crippen LogP contribution in [0.1, 0.15) is 50.3 Å². The van der Waals surface area contributed by atoms with Gasteiger partial charge in [-0.2, -0.15) is 0 Å². The summed E-state index contributed by atoms with van der Waals surface area (Å²) in [5, 5.41) is 0.645. The molecule has 1 aromatic rings. The van der Waals surface area contributed by atoms with Crippen molar-refractivity contribution in [1.29, 1.82) is 0 Å². The highest BCUT2D eigenvalue weighted by Gasteiger charge is 2.54. The van der Waals surface area contributed by atoms with Crippen LogP contribution in [0.3, 0.4) is 0 Å². The van der Waals surface area contributed by atoms with Crippen LogP contribution < -0.4 is 0 Å². The highest BCUT2D eigenvalue weighted by Crippen LogP contribution is 2.64. The maximum absolute atomic E-state index is 5.97. The van der Waals surface area contributed by atoms with E-state index in [0.717, 1.165) is 5.92 Å². The quantitative estimate of drug-likeness (QED) is 0.604. The van der Waals surface area contributed by atoms with Gasteiger partial charge in [-0.1, -0.05) is 38.4 Å². The van der Waals surface area contributed by atoms with Crippen molar-refractivity contribution in [3.05, 3.63) is 28.5 Å². The zero-order valence-corrected chi connectivity index (χ0v) is 10.2. The highest BCUT2D eigenvalue weighted by molar-refractivity contribution is 6.29. The van der Waals surface area contributed by atoms with Gasteiger partial charge in [0.1, 0.15) is 5.15 Å². The summed E-state index contributed by atoms with van der Waals surface area (Å²) in [6.07, 6.45) is 1.27. The van der Waals surface area contributed by atoms with E-state index < -0.39 is 0 Å². The van der Waals surface area contributed by atoms with Gasteiger partial charge in [0, 0.05) is 11.6 Å². The van der Waals surface area contributed by atoms with E-state index in [0.29, 0.717) is 22.4 Å². The topological polar surface area (TPSA) is 12.9 Å². The van der Waals surface area contributed by atoms with Gasteiger partial charge in [0.25, 0.3) is 0 Å². The van der Waals surface area contributed by atoms with E-state index in [9.17, 15) is 0 Å². The summed E-state index contributed by atoms with van der Waals surface area (Å²) in [6.45, 7) is 7.13. The average Bonchev–Trinajstić information content (AvgIpc) is 2.64. The lowest BCUT2D eigenvalue weighted by molar-refractivity contribution is 0.223. The Morgan fingerprint density at radius 2 is 2.13 bits per heavy atom. The average molecular weight is 222 g/mol. The monoisotopic (exact) mass is 221 g/mol. The van der Waals surface area contributed by atoms with Crippen LogP contribution in [-0.4, -0.2) is 4.98 Å². The van der Waals surface area contributed by atoms with Crippen molar-refractivity contribution in [2.75, 3.05) is 0 Å². The second-order valence-electron chi connectivity index (χ2n) is 5.61. The Morgan fingerprint density at radius 3 is 2.87 bits per heavy atom. The zero-order chi connectivity index (χ0) is 10.8. The summed E-state index contributed by atoms with van der Waals surface area (Å²) in [5.41, 5.74) is 3.15. The zero-order valence-electron chi connectivity index (χ0n) is 9.42. The molecule has 80 valence electrons. The van der Waals surface area contributed by atoms with Crippen molar-refractivity contribution in [3.63, 3.8) is 0 Å². The van der Waals surface area contributed by atoms with E-state index in [2.05, 4.69) is 31.8 Å². The molecule has 2 aliphatic rings. The smallest absolute Gasteiger partial charge is 0.129 e. The minimum Gasteiger partial charge on any atom is -0.241 e. The number of fused-ring (bicyclic) bond motifs is 5. The van der Waals surface area contributed by atoms with Gasteiger partial charge in [-0.25, -0.2) is 4.98 Å². The molecule has 0 spiro atoms. The van der Waals surface area contributed by atoms with Gasteiger partial charge in [-0.15, -0.1) is 0 Å². The van der Waals surface area contributed by atoms with Crippen LogP contribution in [-0.2, 0) is 0 Å². The highest BCUT2D eigenvalue weighted by atomic mass is 35.5. The van der Waals surface area contributed by atoms with E-state index in [1.807, 2.05) is 6.07 Å². The van der Waals surface area contributed by atoms with Gasteiger partial charge in [0.15, 0.2) is 0 Å². The molecule has 0 radical (unpaired) electrons. The molecule has 0 aliphatic heterocycles. The molecule has 2 bridgehead atoms. The van der Waals surface area contributed by atoms with E-state index in [1.165, 1.54) is 17.7 Å². The molecule has 0 aromatic carbocycles. The fourth-order valence-electron chi connectivity index (χ4n) is 3.53. The maximum atomic E-state index is 5.97. The summed E-state index contributed by atoms with van der Waals surface area (Å²) < 4.78 is 0. The lowest BCUT2D eigenvalue weighted by Gasteiger charge is -2.36. The normalized spacial score (nSPS) is 35.6. The number of nitrogens with zero attached hydrogens (tertiary/aromatic N) is 1. The molecule has 1 fully saturated rings. The molecule has 0 N–H and O–H groups in total. The van der Waals surface area contributed by atoms with Crippen molar-refractivity contribution in [1.82, 2.24) is 4.98 Å². The standard InChI is InChI=1S/C13H16ClN/c1-7-9-6-10(13(7,2)3)8-4-5-11(14)15-12(8)9/h4-5,7,9-10H,6H2,1-3H3. The summed E-state index contributed by atoms with van der Waals surface area (Å²) in [6, 6.07) is 4.12. The molecule has 15 heavy (non-hydrogen) atoms. The molecule has 1 nitrogen and oxygen atoms in total. The van der Waals surface area contributed by atoms with Gasteiger partial charge >= 0.3 is 0 Å². The molecule has 0 saturated heterocycles. The van der Waals surface area contributed by atoms with Crippen molar-refractivity contribution < 1.29 is 0 Å². The number of hydrogen-bond donors (Lipinski definition) is 0. The van der Waals surface area contributed by atoms with Crippen LogP contribution in [0.2, 0.25) is 5.15 Å². The van der Waals surface area contributed by atoms with Crippen LogP contribution in [0.15, 0.2) is 12.1 Å². The Bertz CT molecular complexity index is 425. The van der Waals surface area contributed by atoms with Crippen LogP contribution in [0.5, 0.6) is 0 Å². The summed E-state index contributed by atoms with van der Waals surface area (Å²) >= 11 is 5.97. The molecule has 1 heterocycles. The van der Waals surface area contributed by atoms with E-state index in [4.69, 9.17) is 11.6 Å². The van der Waals surface area contributed by atoms with Crippen molar-refractivity contribution in [3.8, 4) is 0 Å². The van der Waals surface area contributed by atoms with Crippen molar-refractivity contribution in [2.24, 2.45) is 11.3 Å². The molecule has 0 amide bonds. The lowest BCUT2D eigenvalue weighted by atomic mass is 9.68. The molecule has 2 aliphatic carbocycles. The largest absolute Gasteiger partial charge is 0.241 e. The third-order valence-electron chi connectivity index (χ3n) is 4.81. The van der Waals surface area contributed by atoms with Crippen LogP contribution in [0.25, 0.3) is 0 Å². The fraction of sp³-hybridized carbons (Fsp3) is 0.615. The van der Waals surface area contributed by atoms with Crippen molar-refractivity contribution >= 4 is 11.6 Å². The Kier molecular flexibility index (Phi) is 1.78. The van der Waals surface area contributed by atoms with E-state index in [1.54, 1.807) is 0 Å². The van der Waals surface area contributed by atoms with Crippen LogP contribution in [0, 0.1) is 11.3 Å². The first-order valence-corrected chi connectivity index (χ1v) is 6.06. The van der Waals surface area contributed by atoms with Crippen LogP contribution in [0.4, 0.5) is 0 Å². The summed E-state index contributed by atoms with van der Waals surface area (Å²) in [5.74, 6) is 2.05. The Morgan fingerprint density at radius 1 is 1.40 bits per heavy atom. The fourth-order valence-corrected chi connectivity index (χ4v) is 3.68. The minimum absolute atomic E-state index is 0.424. The second kappa shape index (κ2) is 2.76. The Balaban J connectivity index is 2.18. The number of hydrogen-bond acceptors (Lipinski definition) is 1. The summed E-state index contributed by atoms with van der Waals surface area (Å²) in [7, 11) is 0. The third-order valence-corrected chi connectivity index (χ3v) is 5.03. The maximum Gasteiger partial charge on any atom is 0.129 e. The number of aromatic nitrogens is 1. The molecule has 1 aromatic heterocycles. The van der Waals surface area contributed by atoms with Gasteiger partial charge in [-0.05, 0) is 35.3 Å². The Labute approximate surface area is 95.9 Å². The lowest BCUT2D eigenvalue weighted by Crippen LogP contribution is -2.28. The molecule has 1 saturated carbocycles. The molecular formula is C13H16ClN. The first-order chi connectivity index (χ1) is 7.01. The third kappa shape index (κ3) is 1.08. The van der Waals surface area contributed by atoms with Crippen LogP contribution >= 0.6 is 11.6 Å². The predicted octanol–water partition coefficient (Wildman–Crippen LogP) is 3.98. The first kappa shape index (κ1) is 9.65. The van der Waals surface area contributed by atoms with Gasteiger partial charge in [-0.3, -0.25) is 0 Å². The van der Waals surface area contributed by atoms with Gasteiger partial charge in [0.05, 0.1) is 0 Å². The molecule has 3 unspecified atom stereocenters. The SMILES string of the molecule is CC1C2CC(c3ccc(Cl)nc32)C1(C)C. The van der Waals surface area contributed by atoms with Gasteiger partial charge < -0.3 is 0 Å². The predicted molar refractivity (Wildman–Crippen MR) is 62.3 cm³/mol. The molecule has 3 rings (SSSR count). The van der Waals surface area contributed by atoms with E-state index >= 15 is 0 Å². The molecule has 2 heteroatoms. The van der Waals surface area contributed by atoms with E-state index in [-0.39, 0.29) is 0 Å². The summed E-state index contributed by atoms with van der Waals surface area (Å²) in [4.78, 5) is 4.52. The number of halogens is 1.